The van der Waals surface area contributed by atoms with Crippen LogP contribution < -0.4 is 14.4 Å². The fourth-order valence-corrected chi connectivity index (χ4v) is 4.30. The number of hydrogen-bond acceptors (Lipinski definition) is 7. The molecule has 0 saturated carbocycles. The van der Waals surface area contributed by atoms with E-state index in [4.69, 9.17) is 19.4 Å². The molecular weight excluding hydrogens is 416 g/mol. The van der Waals surface area contributed by atoms with Gasteiger partial charge in [0.2, 0.25) is 5.95 Å². The molecule has 0 radical (unpaired) electrons. The Morgan fingerprint density at radius 3 is 2.48 bits per heavy atom. The monoisotopic (exact) mass is 448 g/mol. The molecule has 7 heteroatoms. The minimum absolute atomic E-state index is 0.0258. The van der Waals surface area contributed by atoms with Crippen LogP contribution in [-0.4, -0.2) is 61.4 Å². The van der Waals surface area contributed by atoms with Crippen molar-refractivity contribution in [1.29, 1.82) is 0 Å². The molecule has 0 aliphatic carbocycles. The highest BCUT2D eigenvalue weighted by atomic mass is 16.5. The number of methoxy groups -OCH3 is 2. The molecule has 174 valence electrons. The SMILES string of the molecule is COc1ccc(-c2cc(C3CCN(Cc4ccc(OC)c(CO)c4)C3)nc(N(C)C)n2)cc1. The Kier molecular flexibility index (Phi) is 7.11. The van der Waals surface area contributed by atoms with Gasteiger partial charge in [-0.15, -0.1) is 0 Å². The lowest BCUT2D eigenvalue weighted by atomic mass is 10.0. The van der Waals surface area contributed by atoms with Crippen LogP contribution in [0.5, 0.6) is 11.5 Å². The largest absolute Gasteiger partial charge is 0.497 e. The fraction of sp³-hybridized carbons (Fsp3) is 0.385. The van der Waals surface area contributed by atoms with Gasteiger partial charge in [-0.05, 0) is 61.0 Å². The maximum atomic E-state index is 9.63. The molecule has 1 aliphatic heterocycles. The van der Waals surface area contributed by atoms with Crippen LogP contribution in [0.25, 0.3) is 11.3 Å². The molecule has 1 fully saturated rings. The highest BCUT2D eigenvalue weighted by molar-refractivity contribution is 5.62. The van der Waals surface area contributed by atoms with Gasteiger partial charge in [-0.3, -0.25) is 4.90 Å². The number of benzene rings is 2. The Balaban J connectivity index is 1.53. The van der Waals surface area contributed by atoms with Gasteiger partial charge in [-0.25, -0.2) is 9.97 Å². The van der Waals surface area contributed by atoms with Crippen LogP contribution in [0.15, 0.2) is 48.5 Å². The minimum atomic E-state index is -0.0258. The average molecular weight is 449 g/mol. The number of aliphatic hydroxyl groups is 1. The Bertz CT molecular complexity index is 1090. The van der Waals surface area contributed by atoms with Gasteiger partial charge in [0, 0.05) is 44.2 Å². The van der Waals surface area contributed by atoms with Gasteiger partial charge < -0.3 is 19.5 Å². The van der Waals surface area contributed by atoms with Gasteiger partial charge in [0.05, 0.1) is 32.2 Å². The topological polar surface area (TPSA) is 71.0 Å². The van der Waals surface area contributed by atoms with E-state index in [1.165, 1.54) is 5.56 Å². The number of aromatic nitrogens is 2. The van der Waals surface area contributed by atoms with E-state index in [9.17, 15) is 5.11 Å². The highest BCUT2D eigenvalue weighted by Crippen LogP contribution is 2.31. The van der Waals surface area contributed by atoms with Gasteiger partial charge in [-0.1, -0.05) is 6.07 Å². The van der Waals surface area contributed by atoms with Gasteiger partial charge in [0.1, 0.15) is 11.5 Å². The Morgan fingerprint density at radius 2 is 1.82 bits per heavy atom. The van der Waals surface area contributed by atoms with Crippen molar-refractivity contribution in [2.45, 2.75) is 25.5 Å². The van der Waals surface area contributed by atoms with Crippen molar-refractivity contribution in [3.05, 3.63) is 65.4 Å². The Hall–Kier alpha value is -3.16. The summed E-state index contributed by atoms with van der Waals surface area (Å²) >= 11 is 0. The first kappa shape index (κ1) is 23.0. The molecule has 1 unspecified atom stereocenters. The lowest BCUT2D eigenvalue weighted by Crippen LogP contribution is -2.20. The molecule has 7 nitrogen and oxygen atoms in total. The zero-order valence-electron chi connectivity index (χ0n) is 19.8. The van der Waals surface area contributed by atoms with Crippen molar-refractivity contribution in [3.63, 3.8) is 0 Å². The van der Waals surface area contributed by atoms with Crippen LogP contribution in [0.2, 0.25) is 0 Å². The second-order valence-electron chi connectivity index (χ2n) is 8.63. The average Bonchev–Trinajstić information content (AvgIpc) is 3.32. The first-order chi connectivity index (χ1) is 16.0. The van der Waals surface area contributed by atoms with E-state index in [-0.39, 0.29) is 6.61 Å². The number of likely N-dealkylation sites (tertiary alicyclic amines) is 1. The quantitative estimate of drug-likeness (QED) is 0.563. The zero-order chi connectivity index (χ0) is 23.4. The van der Waals surface area contributed by atoms with E-state index in [2.05, 4.69) is 17.0 Å². The van der Waals surface area contributed by atoms with E-state index in [0.717, 1.165) is 66.0 Å². The maximum Gasteiger partial charge on any atom is 0.225 e. The van der Waals surface area contributed by atoms with Crippen molar-refractivity contribution in [2.75, 3.05) is 46.3 Å². The zero-order valence-corrected chi connectivity index (χ0v) is 19.8. The second kappa shape index (κ2) is 10.2. The summed E-state index contributed by atoms with van der Waals surface area (Å²) in [7, 11) is 7.24. The summed E-state index contributed by atoms with van der Waals surface area (Å²) in [6.07, 6.45) is 1.05. The van der Waals surface area contributed by atoms with Gasteiger partial charge in [0.15, 0.2) is 0 Å². The predicted octanol–water partition coefficient (Wildman–Crippen LogP) is 3.71. The molecule has 3 aromatic rings. The lowest BCUT2D eigenvalue weighted by Gasteiger charge is -2.19. The molecule has 2 aromatic carbocycles. The molecule has 1 aliphatic rings. The number of hydrogen-bond donors (Lipinski definition) is 1. The normalized spacial score (nSPS) is 16.1. The molecule has 0 bridgehead atoms. The minimum Gasteiger partial charge on any atom is -0.497 e. The van der Waals surface area contributed by atoms with Crippen molar-refractivity contribution >= 4 is 5.95 Å². The molecule has 33 heavy (non-hydrogen) atoms. The van der Waals surface area contributed by atoms with E-state index >= 15 is 0 Å². The third kappa shape index (κ3) is 5.26. The summed E-state index contributed by atoms with van der Waals surface area (Å²) in [5, 5.41) is 9.63. The number of anilines is 1. The summed E-state index contributed by atoms with van der Waals surface area (Å²) in [4.78, 5) is 14.1. The first-order valence-electron chi connectivity index (χ1n) is 11.2. The Labute approximate surface area is 195 Å². The third-order valence-corrected chi connectivity index (χ3v) is 6.13. The third-order valence-electron chi connectivity index (χ3n) is 6.13. The van der Waals surface area contributed by atoms with Crippen LogP contribution in [-0.2, 0) is 13.2 Å². The molecule has 1 N–H and O–H groups in total. The van der Waals surface area contributed by atoms with E-state index in [0.29, 0.717) is 5.92 Å². The van der Waals surface area contributed by atoms with Crippen molar-refractivity contribution in [1.82, 2.24) is 14.9 Å². The molecule has 0 spiro atoms. The summed E-state index contributed by atoms with van der Waals surface area (Å²) in [5.41, 5.74) is 5.05. The highest BCUT2D eigenvalue weighted by Gasteiger charge is 2.26. The van der Waals surface area contributed by atoms with Crippen LogP contribution >= 0.6 is 0 Å². The fourth-order valence-electron chi connectivity index (χ4n) is 4.30. The van der Waals surface area contributed by atoms with Crippen LogP contribution in [0.4, 0.5) is 5.95 Å². The van der Waals surface area contributed by atoms with Crippen molar-refractivity contribution in [3.8, 4) is 22.8 Å². The van der Waals surface area contributed by atoms with E-state index in [1.807, 2.05) is 55.4 Å². The molecule has 1 aromatic heterocycles. The van der Waals surface area contributed by atoms with Crippen molar-refractivity contribution in [2.24, 2.45) is 0 Å². The van der Waals surface area contributed by atoms with Gasteiger partial charge in [-0.2, -0.15) is 0 Å². The molecule has 4 rings (SSSR count). The smallest absolute Gasteiger partial charge is 0.225 e. The molecule has 0 amide bonds. The van der Waals surface area contributed by atoms with E-state index < -0.39 is 0 Å². The van der Waals surface area contributed by atoms with Crippen LogP contribution in [0.1, 0.15) is 29.2 Å². The summed E-state index contributed by atoms with van der Waals surface area (Å²) in [5.74, 6) is 2.62. The lowest BCUT2D eigenvalue weighted by molar-refractivity contribution is 0.273. The molecule has 1 saturated heterocycles. The molecule has 2 heterocycles. The van der Waals surface area contributed by atoms with Gasteiger partial charge >= 0.3 is 0 Å². The predicted molar refractivity (Wildman–Crippen MR) is 130 cm³/mol. The maximum absolute atomic E-state index is 9.63. The number of aliphatic hydroxyl groups excluding tert-OH is 1. The second-order valence-corrected chi connectivity index (χ2v) is 8.63. The van der Waals surface area contributed by atoms with E-state index in [1.54, 1.807) is 14.2 Å². The number of ether oxygens (including phenoxy) is 2. The molecular formula is C26H32N4O3. The first-order valence-corrected chi connectivity index (χ1v) is 11.2. The number of nitrogens with zero attached hydrogens (tertiary/aromatic N) is 4. The summed E-state index contributed by atoms with van der Waals surface area (Å²) in [6.45, 7) is 2.75. The van der Waals surface area contributed by atoms with Crippen LogP contribution in [0, 0.1) is 0 Å². The standard InChI is InChI=1S/C26H32N4O3/c1-29(2)26-27-23(19-6-8-22(32-3)9-7-19)14-24(28-26)20-11-12-30(16-20)15-18-5-10-25(33-4)21(13-18)17-31/h5-10,13-14,20,31H,11-12,15-17H2,1-4H3. The Morgan fingerprint density at radius 1 is 1.03 bits per heavy atom. The van der Waals surface area contributed by atoms with Crippen molar-refractivity contribution < 1.29 is 14.6 Å². The van der Waals surface area contributed by atoms with Gasteiger partial charge in [0.25, 0.3) is 0 Å². The van der Waals surface area contributed by atoms with Crippen LogP contribution in [0.3, 0.4) is 0 Å². The molecule has 1 atom stereocenters. The summed E-state index contributed by atoms with van der Waals surface area (Å²) in [6, 6.07) is 16.1. The summed E-state index contributed by atoms with van der Waals surface area (Å²) < 4.78 is 10.6. The number of rotatable bonds is 8.